The second-order valence-electron chi connectivity index (χ2n) is 5.07. The van der Waals surface area contributed by atoms with Gasteiger partial charge in [-0.25, -0.2) is 14.4 Å². The molecule has 1 fully saturated rings. The summed E-state index contributed by atoms with van der Waals surface area (Å²) < 4.78 is 35.9. The van der Waals surface area contributed by atoms with Crippen LogP contribution in [0.1, 0.15) is 25.8 Å². The molecule has 0 atom stereocenters. The molecule has 7 nitrogen and oxygen atoms in total. The van der Waals surface area contributed by atoms with Gasteiger partial charge in [-0.05, 0) is 26.0 Å². The molecular weight excluding hydrogens is 317 g/mol. The van der Waals surface area contributed by atoms with E-state index in [0.717, 1.165) is 0 Å². The first-order chi connectivity index (χ1) is 11.5. The van der Waals surface area contributed by atoms with Crippen molar-refractivity contribution in [2.24, 2.45) is 0 Å². The molecule has 0 spiro atoms. The van der Waals surface area contributed by atoms with E-state index in [0.29, 0.717) is 12.3 Å². The van der Waals surface area contributed by atoms with Crippen molar-refractivity contribution in [2.45, 2.75) is 26.4 Å². The van der Waals surface area contributed by atoms with Crippen molar-refractivity contribution in [1.82, 2.24) is 9.97 Å². The summed E-state index contributed by atoms with van der Waals surface area (Å²) in [6, 6.07) is 4.70. The Bertz CT molecular complexity index is 750. The van der Waals surface area contributed by atoms with Crippen LogP contribution >= 0.6 is 0 Å². The standard InChI is InChI=1S/C16H18FN3O4/c1-4-22-13-12(16-23-8(2)24-16)19-15(20-14(13)18)9-6-5-7-10(21-3)11(9)17/h5-8,16H,4H2,1-3H3,(H2,18,19,20). The summed E-state index contributed by atoms with van der Waals surface area (Å²) in [5, 5.41) is 0. The highest BCUT2D eigenvalue weighted by atomic mass is 19.1. The third-order valence-corrected chi connectivity index (χ3v) is 3.48. The fourth-order valence-electron chi connectivity index (χ4n) is 2.39. The Labute approximate surface area is 138 Å². The summed E-state index contributed by atoms with van der Waals surface area (Å²) in [6.45, 7) is 3.93. The van der Waals surface area contributed by atoms with Gasteiger partial charge < -0.3 is 24.7 Å². The van der Waals surface area contributed by atoms with Crippen molar-refractivity contribution in [2.75, 3.05) is 19.5 Å². The number of benzene rings is 1. The molecule has 0 amide bonds. The molecule has 2 N–H and O–H groups in total. The first kappa shape index (κ1) is 16.4. The van der Waals surface area contributed by atoms with Crippen molar-refractivity contribution in [3.63, 3.8) is 0 Å². The summed E-state index contributed by atoms with van der Waals surface area (Å²) in [6.07, 6.45) is -1.07. The number of methoxy groups -OCH3 is 1. The highest BCUT2D eigenvalue weighted by molar-refractivity contribution is 5.63. The Morgan fingerprint density at radius 1 is 1.29 bits per heavy atom. The van der Waals surface area contributed by atoms with Crippen LogP contribution in [0.25, 0.3) is 11.4 Å². The van der Waals surface area contributed by atoms with Crippen LogP contribution in [0.2, 0.25) is 0 Å². The van der Waals surface area contributed by atoms with Crippen LogP contribution < -0.4 is 15.2 Å². The zero-order valence-corrected chi connectivity index (χ0v) is 13.6. The first-order valence-corrected chi connectivity index (χ1v) is 7.49. The number of nitrogens with zero attached hydrogens (tertiary/aromatic N) is 2. The fourth-order valence-corrected chi connectivity index (χ4v) is 2.39. The molecule has 0 saturated carbocycles. The third kappa shape index (κ3) is 2.85. The number of halogens is 1. The number of hydrogen-bond donors (Lipinski definition) is 1. The summed E-state index contributed by atoms with van der Waals surface area (Å²) in [5.74, 6) is -0.00502. The molecule has 24 heavy (non-hydrogen) atoms. The third-order valence-electron chi connectivity index (χ3n) is 3.48. The van der Waals surface area contributed by atoms with Crippen molar-refractivity contribution >= 4 is 5.82 Å². The lowest BCUT2D eigenvalue weighted by atomic mass is 10.1. The van der Waals surface area contributed by atoms with E-state index in [-0.39, 0.29) is 35.0 Å². The molecule has 1 aromatic carbocycles. The van der Waals surface area contributed by atoms with Crippen LogP contribution in [0.15, 0.2) is 18.2 Å². The smallest absolute Gasteiger partial charge is 0.210 e. The minimum absolute atomic E-state index is 0.0887. The van der Waals surface area contributed by atoms with Gasteiger partial charge in [0.05, 0.1) is 19.3 Å². The first-order valence-electron chi connectivity index (χ1n) is 7.49. The lowest BCUT2D eigenvalue weighted by Crippen LogP contribution is -2.33. The Kier molecular flexibility index (Phi) is 4.50. The summed E-state index contributed by atoms with van der Waals surface area (Å²) >= 11 is 0. The summed E-state index contributed by atoms with van der Waals surface area (Å²) in [4.78, 5) is 8.51. The van der Waals surface area contributed by atoms with E-state index in [1.165, 1.54) is 13.2 Å². The Morgan fingerprint density at radius 2 is 2.04 bits per heavy atom. The van der Waals surface area contributed by atoms with E-state index in [2.05, 4.69) is 9.97 Å². The van der Waals surface area contributed by atoms with Gasteiger partial charge in [0.1, 0.15) is 5.69 Å². The van der Waals surface area contributed by atoms with Gasteiger partial charge >= 0.3 is 0 Å². The largest absolute Gasteiger partial charge is 0.494 e. The van der Waals surface area contributed by atoms with Gasteiger partial charge in [-0.2, -0.15) is 0 Å². The normalized spacial score (nSPS) is 19.7. The molecule has 128 valence electrons. The Hall–Kier alpha value is -2.45. The molecule has 1 aromatic heterocycles. The van der Waals surface area contributed by atoms with E-state index in [9.17, 15) is 4.39 Å². The zero-order valence-electron chi connectivity index (χ0n) is 13.6. The van der Waals surface area contributed by atoms with Crippen molar-refractivity contribution in [3.05, 3.63) is 29.7 Å². The molecule has 2 aromatic rings. The molecule has 0 aliphatic carbocycles. The molecule has 1 saturated heterocycles. The number of nitrogens with two attached hydrogens (primary N) is 1. The second-order valence-corrected chi connectivity index (χ2v) is 5.07. The number of rotatable bonds is 5. The van der Waals surface area contributed by atoms with Gasteiger partial charge in [0.15, 0.2) is 35.2 Å². The Balaban J connectivity index is 2.10. The van der Waals surface area contributed by atoms with Crippen LogP contribution in [0.5, 0.6) is 11.5 Å². The predicted molar refractivity (Wildman–Crippen MR) is 83.9 cm³/mol. The van der Waals surface area contributed by atoms with Crippen LogP contribution in [0, 0.1) is 5.82 Å². The van der Waals surface area contributed by atoms with Gasteiger partial charge in [0.25, 0.3) is 0 Å². The molecule has 2 heterocycles. The molecule has 3 rings (SSSR count). The highest BCUT2D eigenvalue weighted by Gasteiger charge is 2.34. The van der Waals surface area contributed by atoms with Crippen molar-refractivity contribution < 1.29 is 23.3 Å². The number of nitrogen functional groups attached to an aromatic ring is 1. The summed E-state index contributed by atoms with van der Waals surface area (Å²) in [5.41, 5.74) is 6.47. The quantitative estimate of drug-likeness (QED) is 0.898. The van der Waals surface area contributed by atoms with Gasteiger partial charge in [-0.1, -0.05) is 6.07 Å². The minimum atomic E-state index is -0.723. The summed E-state index contributed by atoms with van der Waals surface area (Å²) in [7, 11) is 1.39. The van der Waals surface area contributed by atoms with Crippen LogP contribution in [-0.4, -0.2) is 30.0 Å². The molecule has 1 aliphatic rings. The van der Waals surface area contributed by atoms with E-state index in [4.69, 9.17) is 24.7 Å². The van der Waals surface area contributed by atoms with Gasteiger partial charge in [0.2, 0.25) is 6.29 Å². The number of anilines is 1. The average molecular weight is 335 g/mol. The number of ether oxygens (including phenoxy) is 4. The van der Waals surface area contributed by atoms with E-state index < -0.39 is 12.1 Å². The van der Waals surface area contributed by atoms with Gasteiger partial charge in [-0.3, -0.25) is 0 Å². The van der Waals surface area contributed by atoms with E-state index in [1.807, 2.05) is 6.92 Å². The number of hydrogen-bond acceptors (Lipinski definition) is 7. The van der Waals surface area contributed by atoms with Crippen LogP contribution in [0.3, 0.4) is 0 Å². The monoisotopic (exact) mass is 335 g/mol. The van der Waals surface area contributed by atoms with Gasteiger partial charge in [0, 0.05) is 0 Å². The molecule has 0 bridgehead atoms. The molecular formula is C16H18FN3O4. The maximum atomic E-state index is 14.5. The highest BCUT2D eigenvalue weighted by Crippen LogP contribution is 2.39. The average Bonchev–Trinajstić information content (AvgIpc) is 2.54. The zero-order chi connectivity index (χ0) is 17.3. The maximum Gasteiger partial charge on any atom is 0.210 e. The van der Waals surface area contributed by atoms with Crippen LogP contribution in [-0.2, 0) is 9.47 Å². The van der Waals surface area contributed by atoms with Gasteiger partial charge in [-0.15, -0.1) is 0 Å². The van der Waals surface area contributed by atoms with E-state index in [1.54, 1.807) is 19.1 Å². The topological polar surface area (TPSA) is 88.7 Å². The van der Waals surface area contributed by atoms with E-state index >= 15 is 0 Å². The van der Waals surface area contributed by atoms with Crippen LogP contribution in [0.4, 0.5) is 10.2 Å². The molecule has 0 unspecified atom stereocenters. The molecule has 0 radical (unpaired) electrons. The maximum absolute atomic E-state index is 14.5. The number of aromatic nitrogens is 2. The SMILES string of the molecule is CCOc1c(N)nc(-c2cccc(OC)c2F)nc1C1OC(C)O1. The molecule has 8 heteroatoms. The van der Waals surface area contributed by atoms with Crippen molar-refractivity contribution in [1.29, 1.82) is 0 Å². The predicted octanol–water partition coefficient (Wildman–Crippen LogP) is 2.66. The lowest BCUT2D eigenvalue weighted by Gasteiger charge is -2.34. The minimum Gasteiger partial charge on any atom is -0.494 e. The fraction of sp³-hybridized carbons (Fsp3) is 0.375. The van der Waals surface area contributed by atoms with Crippen molar-refractivity contribution in [3.8, 4) is 22.9 Å². The lowest BCUT2D eigenvalue weighted by molar-refractivity contribution is -0.384. The second kappa shape index (κ2) is 6.58. The Morgan fingerprint density at radius 3 is 2.67 bits per heavy atom. The molecule has 1 aliphatic heterocycles.